The van der Waals surface area contributed by atoms with E-state index in [2.05, 4.69) is 9.69 Å². The van der Waals surface area contributed by atoms with E-state index in [0.717, 1.165) is 5.56 Å². The molecule has 52 valence electrons. The maximum Gasteiger partial charge on any atom is 0.238 e. The van der Waals surface area contributed by atoms with Gasteiger partial charge in [-0.2, -0.15) is 0 Å². The lowest BCUT2D eigenvalue weighted by molar-refractivity contribution is 1.27. The van der Waals surface area contributed by atoms with Crippen molar-refractivity contribution in [1.82, 2.24) is 0 Å². The Kier molecular flexibility index (Phi) is 2.25. The minimum atomic E-state index is 0.364. The van der Waals surface area contributed by atoms with E-state index in [1.165, 1.54) is 0 Å². The molecule has 0 spiro atoms. The molecule has 0 aliphatic heterocycles. The first-order valence-electron chi connectivity index (χ1n) is 3.16. The van der Waals surface area contributed by atoms with Crippen LogP contribution >= 0.6 is 0 Å². The second-order valence-electron chi connectivity index (χ2n) is 2.10. The molecule has 0 fully saturated rings. The summed E-state index contributed by atoms with van der Waals surface area (Å²) in [6.07, 6.45) is 0. The zero-order chi connectivity index (χ0) is 8.10. The van der Waals surface area contributed by atoms with Gasteiger partial charge < -0.3 is 4.85 Å². The van der Waals surface area contributed by atoms with Crippen LogP contribution in [0.4, 0.5) is 5.69 Å². The molecule has 0 unspecified atom stereocenters. The first-order valence-corrected chi connectivity index (χ1v) is 3.16. The predicted molar refractivity (Wildman–Crippen MR) is 43.0 cm³/mol. The maximum absolute atomic E-state index is 6.72. The van der Waals surface area contributed by atoms with Crippen LogP contribution < -0.4 is 0 Å². The van der Waals surface area contributed by atoms with E-state index in [1.807, 2.05) is 6.07 Å². The van der Waals surface area contributed by atoms with Crippen LogP contribution in [-0.4, -0.2) is 0 Å². The van der Waals surface area contributed by atoms with Crippen LogP contribution in [0.3, 0.4) is 0 Å². The highest BCUT2D eigenvalue weighted by Gasteiger charge is 1.95. The molecule has 1 aromatic rings. The van der Waals surface area contributed by atoms with Gasteiger partial charge in [-0.25, -0.2) is 11.4 Å². The van der Waals surface area contributed by atoms with Crippen LogP contribution in [0.25, 0.3) is 9.69 Å². The Morgan fingerprint density at radius 2 is 2.09 bits per heavy atom. The third-order valence-electron chi connectivity index (χ3n) is 1.30. The summed E-state index contributed by atoms with van der Waals surface area (Å²) in [4.78, 5) is 6.49. The molecule has 0 aliphatic rings. The summed E-state index contributed by atoms with van der Waals surface area (Å²) in [5, 5.41) is 0. The van der Waals surface area contributed by atoms with E-state index >= 15 is 0 Å². The zero-order valence-electron chi connectivity index (χ0n) is 5.91. The number of benzene rings is 1. The van der Waals surface area contributed by atoms with Crippen molar-refractivity contribution in [1.29, 1.82) is 0 Å². The van der Waals surface area contributed by atoms with E-state index in [4.69, 9.17) is 13.1 Å². The van der Waals surface area contributed by atoms with Crippen molar-refractivity contribution in [3.63, 3.8) is 0 Å². The van der Waals surface area contributed by atoms with Gasteiger partial charge in [0.2, 0.25) is 6.54 Å². The van der Waals surface area contributed by atoms with E-state index in [1.54, 1.807) is 18.2 Å². The molecule has 11 heavy (non-hydrogen) atoms. The van der Waals surface area contributed by atoms with Gasteiger partial charge in [0.25, 0.3) is 0 Å². The number of hydrogen-bond acceptors (Lipinski definition) is 0. The molecule has 0 atom stereocenters. The lowest BCUT2D eigenvalue weighted by Gasteiger charge is -1.90. The molecule has 0 aliphatic carbocycles. The summed E-state index contributed by atoms with van der Waals surface area (Å²) in [5.41, 5.74) is 1.51. The summed E-state index contributed by atoms with van der Waals surface area (Å²) >= 11 is 0. The molecular weight excluding hydrogens is 136 g/mol. The second-order valence-corrected chi connectivity index (χ2v) is 2.10. The Morgan fingerprint density at radius 3 is 2.73 bits per heavy atom. The first kappa shape index (κ1) is 7.31. The normalized spacial score (nSPS) is 8.18. The van der Waals surface area contributed by atoms with Gasteiger partial charge in [-0.15, -0.1) is 0 Å². The summed E-state index contributed by atoms with van der Waals surface area (Å²) in [6.45, 7) is 13.7. The third-order valence-corrected chi connectivity index (χ3v) is 1.30. The fraction of sp³-hybridized carbons (Fsp3) is 0.111. The number of rotatable bonds is 1. The Bertz CT molecular complexity index is 328. The van der Waals surface area contributed by atoms with Crippen molar-refractivity contribution in [3.05, 3.63) is 52.7 Å². The van der Waals surface area contributed by atoms with Crippen LogP contribution in [-0.2, 0) is 6.54 Å². The van der Waals surface area contributed by atoms with Crippen LogP contribution in [0.15, 0.2) is 24.3 Å². The van der Waals surface area contributed by atoms with Crippen LogP contribution in [0, 0.1) is 13.1 Å². The highest BCUT2D eigenvalue weighted by molar-refractivity contribution is 5.46. The Balaban J connectivity index is 2.96. The maximum atomic E-state index is 6.72. The van der Waals surface area contributed by atoms with Gasteiger partial charge in [0.1, 0.15) is 0 Å². The lowest BCUT2D eigenvalue weighted by Crippen LogP contribution is -1.75. The fourth-order valence-corrected chi connectivity index (χ4v) is 0.816. The summed E-state index contributed by atoms with van der Waals surface area (Å²) in [6, 6.07) is 7.13. The predicted octanol–water partition coefficient (Wildman–Crippen LogP) is 2.66. The van der Waals surface area contributed by atoms with Crippen molar-refractivity contribution >= 4 is 5.69 Å². The molecule has 0 radical (unpaired) electrons. The zero-order valence-corrected chi connectivity index (χ0v) is 5.91. The summed E-state index contributed by atoms with van der Waals surface area (Å²) in [5.74, 6) is 0. The van der Waals surface area contributed by atoms with Crippen molar-refractivity contribution < 1.29 is 0 Å². The van der Waals surface area contributed by atoms with Gasteiger partial charge in [-0.3, -0.25) is 0 Å². The van der Waals surface area contributed by atoms with Crippen molar-refractivity contribution in [2.24, 2.45) is 0 Å². The van der Waals surface area contributed by atoms with Crippen LogP contribution in [0.1, 0.15) is 5.56 Å². The Morgan fingerprint density at radius 1 is 1.27 bits per heavy atom. The van der Waals surface area contributed by atoms with Crippen molar-refractivity contribution in [2.45, 2.75) is 6.54 Å². The van der Waals surface area contributed by atoms with Crippen LogP contribution in [0.5, 0.6) is 0 Å². The van der Waals surface area contributed by atoms with Gasteiger partial charge in [-0.05, 0) is 6.07 Å². The molecule has 0 bridgehead atoms. The molecule has 1 rings (SSSR count). The summed E-state index contributed by atoms with van der Waals surface area (Å²) in [7, 11) is 0. The molecule has 0 saturated heterocycles. The van der Waals surface area contributed by atoms with Crippen molar-refractivity contribution in [3.8, 4) is 0 Å². The molecule has 0 amide bonds. The topological polar surface area (TPSA) is 8.72 Å². The van der Waals surface area contributed by atoms with Gasteiger partial charge in [-0.1, -0.05) is 18.2 Å². The average Bonchev–Trinajstić information content (AvgIpc) is 2.06. The number of nitrogens with zero attached hydrogens (tertiary/aromatic N) is 2. The average molecular weight is 142 g/mol. The monoisotopic (exact) mass is 142 g/mol. The van der Waals surface area contributed by atoms with Gasteiger partial charge in [0.05, 0.1) is 6.57 Å². The minimum absolute atomic E-state index is 0.364. The standard InChI is InChI=1S/C9H6N2/c1-10-7-8-4-3-5-9(6-8)11-2/h3-6H,7H2. The van der Waals surface area contributed by atoms with E-state index in [-0.39, 0.29) is 0 Å². The minimum Gasteiger partial charge on any atom is -0.312 e. The molecule has 2 nitrogen and oxygen atoms in total. The smallest absolute Gasteiger partial charge is 0.238 e. The molecule has 0 aromatic heterocycles. The highest BCUT2D eigenvalue weighted by Crippen LogP contribution is 2.13. The Hall–Kier alpha value is -1.80. The first-order chi connectivity index (χ1) is 5.36. The van der Waals surface area contributed by atoms with E-state index < -0.39 is 0 Å². The van der Waals surface area contributed by atoms with Gasteiger partial charge in [0, 0.05) is 5.56 Å². The molecule has 0 saturated carbocycles. The molecule has 0 N–H and O–H groups in total. The highest BCUT2D eigenvalue weighted by atomic mass is 14.6. The number of hydrogen-bond donors (Lipinski definition) is 0. The van der Waals surface area contributed by atoms with E-state index in [0.29, 0.717) is 12.2 Å². The largest absolute Gasteiger partial charge is 0.312 e. The molecule has 2 heteroatoms. The van der Waals surface area contributed by atoms with Crippen LogP contribution in [0.2, 0.25) is 0 Å². The van der Waals surface area contributed by atoms with Gasteiger partial charge >= 0.3 is 0 Å². The van der Waals surface area contributed by atoms with Crippen molar-refractivity contribution in [2.75, 3.05) is 0 Å². The van der Waals surface area contributed by atoms with E-state index in [9.17, 15) is 0 Å². The second kappa shape index (κ2) is 3.39. The molecule has 1 aromatic carbocycles. The summed E-state index contributed by atoms with van der Waals surface area (Å²) < 4.78 is 0. The SMILES string of the molecule is [C-]#[N+]Cc1cccc([N+]#[C-])c1. The van der Waals surface area contributed by atoms with Gasteiger partial charge in [0.15, 0.2) is 5.69 Å². The fourth-order valence-electron chi connectivity index (χ4n) is 0.816. The quantitative estimate of drug-likeness (QED) is 0.533. The Labute approximate surface area is 65.7 Å². The molecular formula is C9H6N2. The third kappa shape index (κ3) is 1.81. The molecule has 0 heterocycles. The lowest BCUT2D eigenvalue weighted by atomic mass is 10.2.